The molecule has 0 radical (unpaired) electrons. The third-order valence-electron chi connectivity index (χ3n) is 9.07. The number of carbonyl (C=O) groups is 1. The molecule has 6 rings (SSSR count). The van der Waals surface area contributed by atoms with Crippen LogP contribution in [0.4, 0.5) is 11.8 Å². The minimum absolute atomic E-state index is 0.0118. The first-order chi connectivity index (χ1) is 18.4. The Morgan fingerprint density at radius 1 is 1.03 bits per heavy atom. The lowest BCUT2D eigenvalue weighted by Gasteiger charge is -2.39. The highest BCUT2D eigenvalue weighted by Gasteiger charge is 2.35. The van der Waals surface area contributed by atoms with Gasteiger partial charge in [-0.1, -0.05) is 26.5 Å². The van der Waals surface area contributed by atoms with E-state index >= 15 is 0 Å². The Morgan fingerprint density at radius 2 is 1.79 bits per heavy atom. The molecule has 2 fully saturated rings. The van der Waals surface area contributed by atoms with Crippen molar-refractivity contribution in [3.63, 3.8) is 0 Å². The van der Waals surface area contributed by atoms with Crippen molar-refractivity contribution >= 4 is 28.6 Å². The van der Waals surface area contributed by atoms with E-state index in [-0.39, 0.29) is 5.91 Å². The molecule has 2 atom stereocenters. The largest absolute Gasteiger partial charge is 0.353 e. The minimum Gasteiger partial charge on any atom is -0.353 e. The monoisotopic (exact) mass is 513 g/mol. The standard InChI is InChI=1S/C30H39N7O/c1-5-27(38)35-12-14-36(15-13-35)29-23-16-21(4)22(28-20(3)6-7-25-24(28)18-31-34-25)17-26(23)32-30(33-29)37-10-8-19(2)9-11-37/h5-7,18-19,21-22H,1,8-17H2,2-4H3,(H,31,34)/t21-,22-/m1/s1. The molecule has 4 heterocycles. The number of aromatic nitrogens is 4. The molecule has 2 aliphatic heterocycles. The van der Waals surface area contributed by atoms with Crippen LogP contribution in [0.5, 0.6) is 0 Å². The Bertz CT molecular complexity index is 1350. The van der Waals surface area contributed by atoms with Gasteiger partial charge in [-0.3, -0.25) is 9.89 Å². The maximum absolute atomic E-state index is 12.2. The van der Waals surface area contributed by atoms with Crippen molar-refractivity contribution in [1.82, 2.24) is 25.1 Å². The Kier molecular flexibility index (Phi) is 6.58. The number of benzene rings is 1. The van der Waals surface area contributed by atoms with Crippen molar-refractivity contribution in [2.75, 3.05) is 49.1 Å². The number of piperazine rings is 1. The lowest BCUT2D eigenvalue weighted by molar-refractivity contribution is -0.126. The van der Waals surface area contributed by atoms with Crippen LogP contribution in [0.2, 0.25) is 0 Å². The molecule has 0 unspecified atom stereocenters. The minimum atomic E-state index is 0.0118. The third-order valence-corrected chi connectivity index (χ3v) is 9.07. The second-order valence-electron chi connectivity index (χ2n) is 11.6. The second-order valence-corrected chi connectivity index (χ2v) is 11.6. The smallest absolute Gasteiger partial charge is 0.246 e. The van der Waals surface area contributed by atoms with E-state index in [9.17, 15) is 4.79 Å². The van der Waals surface area contributed by atoms with Crippen LogP contribution in [-0.4, -0.2) is 70.2 Å². The van der Waals surface area contributed by atoms with E-state index < -0.39 is 0 Å². The van der Waals surface area contributed by atoms with Gasteiger partial charge in [0.05, 0.1) is 17.4 Å². The predicted octanol–water partition coefficient (Wildman–Crippen LogP) is 4.25. The molecule has 0 saturated carbocycles. The summed E-state index contributed by atoms with van der Waals surface area (Å²) in [5.74, 6) is 3.55. The first kappa shape index (κ1) is 24.9. The van der Waals surface area contributed by atoms with Crippen LogP contribution >= 0.6 is 0 Å². The summed E-state index contributed by atoms with van der Waals surface area (Å²) in [5, 5.41) is 8.74. The molecule has 3 aliphatic rings. The molecular weight excluding hydrogens is 474 g/mol. The summed E-state index contributed by atoms with van der Waals surface area (Å²) in [5.41, 5.74) is 6.31. The summed E-state index contributed by atoms with van der Waals surface area (Å²) in [6, 6.07) is 4.35. The van der Waals surface area contributed by atoms with Crippen LogP contribution < -0.4 is 9.80 Å². The molecule has 1 N–H and O–H groups in total. The Hall–Kier alpha value is -3.42. The summed E-state index contributed by atoms with van der Waals surface area (Å²) < 4.78 is 0. The summed E-state index contributed by atoms with van der Waals surface area (Å²) in [4.78, 5) is 29.4. The normalized spacial score (nSPS) is 22.6. The van der Waals surface area contributed by atoms with Gasteiger partial charge in [-0.15, -0.1) is 0 Å². The number of rotatable bonds is 4. The van der Waals surface area contributed by atoms with E-state index in [1.165, 1.54) is 46.7 Å². The number of carbonyl (C=O) groups excluding carboxylic acids is 1. The van der Waals surface area contributed by atoms with Crippen molar-refractivity contribution in [3.8, 4) is 0 Å². The third kappa shape index (κ3) is 4.44. The van der Waals surface area contributed by atoms with Gasteiger partial charge in [0.15, 0.2) is 0 Å². The van der Waals surface area contributed by atoms with Gasteiger partial charge in [0.1, 0.15) is 5.82 Å². The average molecular weight is 514 g/mol. The van der Waals surface area contributed by atoms with Gasteiger partial charge >= 0.3 is 0 Å². The van der Waals surface area contributed by atoms with E-state index in [1.54, 1.807) is 0 Å². The van der Waals surface area contributed by atoms with Crippen LogP contribution in [0.3, 0.4) is 0 Å². The zero-order chi connectivity index (χ0) is 26.4. The number of aromatic amines is 1. The molecule has 8 nitrogen and oxygen atoms in total. The number of amides is 1. The van der Waals surface area contributed by atoms with E-state index in [2.05, 4.69) is 59.5 Å². The molecule has 38 heavy (non-hydrogen) atoms. The number of fused-ring (bicyclic) bond motifs is 2. The molecular formula is C30H39N7O. The SMILES string of the molecule is C=CC(=O)N1CCN(c2nc(N3CCC(C)CC3)nc3c2C[C@@H](C)[C@H](c2c(C)ccc4[nH]ncc24)C3)CC1. The Morgan fingerprint density at radius 3 is 2.53 bits per heavy atom. The highest BCUT2D eigenvalue weighted by atomic mass is 16.2. The van der Waals surface area contributed by atoms with Gasteiger partial charge in [-0.25, -0.2) is 4.98 Å². The average Bonchev–Trinajstić information content (AvgIpc) is 3.41. The van der Waals surface area contributed by atoms with Gasteiger partial charge in [-0.2, -0.15) is 10.1 Å². The lowest BCUT2D eigenvalue weighted by atomic mass is 9.73. The Labute approximate surface area is 225 Å². The second kappa shape index (κ2) is 10.0. The van der Waals surface area contributed by atoms with Gasteiger partial charge in [0.2, 0.25) is 11.9 Å². The number of hydrogen-bond acceptors (Lipinski definition) is 6. The highest BCUT2D eigenvalue weighted by molar-refractivity contribution is 5.87. The van der Waals surface area contributed by atoms with Crippen LogP contribution in [0.25, 0.3) is 10.9 Å². The number of H-pyrrole nitrogens is 1. The predicted molar refractivity (Wildman–Crippen MR) is 152 cm³/mol. The van der Waals surface area contributed by atoms with Gasteiger partial charge in [0.25, 0.3) is 0 Å². The number of anilines is 2. The molecule has 3 aromatic rings. The van der Waals surface area contributed by atoms with E-state index in [4.69, 9.17) is 9.97 Å². The molecule has 1 aliphatic carbocycles. The van der Waals surface area contributed by atoms with Gasteiger partial charge in [-0.05, 0) is 73.6 Å². The van der Waals surface area contributed by atoms with Crippen molar-refractivity contribution < 1.29 is 4.79 Å². The highest BCUT2D eigenvalue weighted by Crippen LogP contribution is 2.43. The van der Waals surface area contributed by atoms with Crippen molar-refractivity contribution in [1.29, 1.82) is 0 Å². The number of aryl methyl sites for hydroxylation is 1. The van der Waals surface area contributed by atoms with Crippen LogP contribution in [-0.2, 0) is 17.6 Å². The van der Waals surface area contributed by atoms with Gasteiger partial charge < -0.3 is 14.7 Å². The van der Waals surface area contributed by atoms with Gasteiger partial charge in [0, 0.05) is 50.2 Å². The maximum atomic E-state index is 12.2. The van der Waals surface area contributed by atoms with Crippen molar-refractivity contribution in [3.05, 3.63) is 53.4 Å². The molecule has 2 saturated heterocycles. The number of hydrogen-bond donors (Lipinski definition) is 1. The van der Waals surface area contributed by atoms with E-state index in [1.807, 2.05) is 11.1 Å². The molecule has 0 bridgehead atoms. The number of nitrogens with one attached hydrogen (secondary N) is 1. The topological polar surface area (TPSA) is 81.3 Å². The number of nitrogens with zero attached hydrogens (tertiary/aromatic N) is 6. The molecule has 0 spiro atoms. The molecule has 1 aromatic carbocycles. The fraction of sp³-hybridized carbons (Fsp3) is 0.533. The van der Waals surface area contributed by atoms with E-state index in [0.717, 1.165) is 62.2 Å². The molecule has 200 valence electrons. The van der Waals surface area contributed by atoms with Crippen LogP contribution in [0, 0.1) is 18.8 Å². The lowest BCUT2D eigenvalue weighted by Crippen LogP contribution is -2.49. The molecule has 8 heteroatoms. The zero-order valence-corrected chi connectivity index (χ0v) is 22.9. The maximum Gasteiger partial charge on any atom is 0.246 e. The first-order valence-electron chi connectivity index (χ1n) is 14.2. The summed E-state index contributed by atoms with van der Waals surface area (Å²) in [7, 11) is 0. The Balaban J connectivity index is 1.38. The first-order valence-corrected chi connectivity index (χ1v) is 14.2. The molecule has 1 amide bonds. The summed E-state index contributed by atoms with van der Waals surface area (Å²) in [6.45, 7) is 15.6. The van der Waals surface area contributed by atoms with Crippen LogP contribution in [0.1, 0.15) is 55.0 Å². The fourth-order valence-electron chi connectivity index (χ4n) is 6.66. The fourth-order valence-corrected chi connectivity index (χ4v) is 6.66. The summed E-state index contributed by atoms with van der Waals surface area (Å²) in [6.07, 6.45) is 7.62. The number of piperidine rings is 1. The summed E-state index contributed by atoms with van der Waals surface area (Å²) >= 11 is 0. The molecule has 2 aromatic heterocycles. The zero-order valence-electron chi connectivity index (χ0n) is 22.9. The van der Waals surface area contributed by atoms with Crippen molar-refractivity contribution in [2.24, 2.45) is 11.8 Å². The van der Waals surface area contributed by atoms with Crippen molar-refractivity contribution in [2.45, 2.75) is 52.4 Å². The van der Waals surface area contributed by atoms with E-state index in [0.29, 0.717) is 24.9 Å². The van der Waals surface area contributed by atoms with Crippen LogP contribution in [0.15, 0.2) is 31.0 Å². The quantitative estimate of drug-likeness (QED) is 0.526.